The Hall–Kier alpha value is -3.14. The lowest BCUT2D eigenvalue weighted by Gasteiger charge is -2.30. The van der Waals surface area contributed by atoms with Gasteiger partial charge in [0.2, 0.25) is 23.6 Å². The van der Waals surface area contributed by atoms with Gasteiger partial charge in [-0.15, -0.1) is 0 Å². The van der Waals surface area contributed by atoms with Crippen molar-refractivity contribution in [2.45, 2.75) is 65.5 Å². The molecule has 4 atom stereocenters. The molecule has 0 saturated heterocycles. The van der Waals surface area contributed by atoms with Crippen LogP contribution in [0.2, 0.25) is 0 Å². The van der Waals surface area contributed by atoms with E-state index in [-0.39, 0.29) is 24.2 Å². The molecule has 0 aromatic heterocycles. The number of hydroxylamine groups is 1. The van der Waals surface area contributed by atoms with Crippen LogP contribution in [0.4, 0.5) is 0 Å². The SMILES string of the molecule is CNC(=O)[C@@H](NC(=O)[C@@H]1Cc2ccc(cc2)OCCC[C@H](C(=O)NO)[C@@H](CC(C)C)C(=O)N1)C(C)C. The Balaban J connectivity index is 2.44. The molecule has 2 heterocycles. The summed E-state index contributed by atoms with van der Waals surface area (Å²) in [6, 6.07) is 5.49. The summed E-state index contributed by atoms with van der Waals surface area (Å²) >= 11 is 0. The number of rotatable bonds is 7. The molecule has 2 aliphatic rings. The number of carbonyl (C=O) groups excluding carboxylic acids is 4. The van der Waals surface area contributed by atoms with Crippen LogP contribution in [0.25, 0.3) is 0 Å². The van der Waals surface area contributed by atoms with Gasteiger partial charge in [0, 0.05) is 19.4 Å². The van der Waals surface area contributed by atoms with E-state index in [0.29, 0.717) is 31.6 Å². The highest BCUT2D eigenvalue weighted by atomic mass is 16.5. The van der Waals surface area contributed by atoms with Crippen molar-refractivity contribution in [3.05, 3.63) is 29.8 Å². The number of likely N-dealkylation sites (N-methyl/N-ethyl adjacent to an activating group) is 1. The van der Waals surface area contributed by atoms with E-state index in [2.05, 4.69) is 16.0 Å². The fraction of sp³-hybridized carbons (Fsp3) is 0.615. The van der Waals surface area contributed by atoms with E-state index >= 15 is 0 Å². The number of hydrogen-bond donors (Lipinski definition) is 5. The normalized spacial score (nSPS) is 21.7. The molecule has 0 spiro atoms. The number of ether oxygens (including phenoxy) is 1. The third kappa shape index (κ3) is 8.22. The molecule has 5 N–H and O–H groups in total. The standard InChI is InChI=1S/C26H40N4O6/c1-15(2)13-20-19(24(32)30-35)7-6-12-36-18-10-8-17(9-11-18)14-21(28-23(20)31)25(33)29-22(16(3)4)26(34)27-5/h8-11,15-16,19-22,35H,6-7,12-14H2,1-5H3,(H,27,34)(H,28,31)(H,29,33)(H,30,32)/t19-,20+,21-,22-/m0/s1. The van der Waals surface area contributed by atoms with Gasteiger partial charge in [-0.2, -0.15) is 0 Å². The summed E-state index contributed by atoms with van der Waals surface area (Å²) < 4.78 is 5.78. The van der Waals surface area contributed by atoms with E-state index in [0.717, 1.165) is 5.56 Å². The van der Waals surface area contributed by atoms with E-state index in [1.807, 2.05) is 39.8 Å². The number of benzene rings is 1. The van der Waals surface area contributed by atoms with Gasteiger partial charge < -0.3 is 20.7 Å². The molecule has 1 aromatic rings. The van der Waals surface area contributed by atoms with Crippen LogP contribution in [0.1, 0.15) is 52.5 Å². The van der Waals surface area contributed by atoms with E-state index in [9.17, 15) is 24.4 Å². The first-order valence-electron chi connectivity index (χ1n) is 12.5. The first kappa shape index (κ1) is 29.1. The first-order chi connectivity index (χ1) is 17.1. The zero-order chi connectivity index (χ0) is 26.8. The zero-order valence-corrected chi connectivity index (χ0v) is 21.8. The Bertz CT molecular complexity index is 902. The molecule has 0 fully saturated rings. The van der Waals surface area contributed by atoms with Gasteiger partial charge in [0.15, 0.2) is 0 Å². The number of carbonyl (C=O) groups is 4. The Kier molecular flexibility index (Phi) is 11.2. The van der Waals surface area contributed by atoms with Crippen LogP contribution in [-0.2, 0) is 25.6 Å². The minimum Gasteiger partial charge on any atom is -0.494 e. The van der Waals surface area contributed by atoms with Crippen molar-refractivity contribution < 1.29 is 29.1 Å². The molecule has 200 valence electrons. The average molecular weight is 505 g/mol. The predicted molar refractivity (Wildman–Crippen MR) is 134 cm³/mol. The van der Waals surface area contributed by atoms with Crippen LogP contribution in [0.5, 0.6) is 5.75 Å². The maximum atomic E-state index is 13.6. The Morgan fingerprint density at radius 1 is 1.11 bits per heavy atom. The van der Waals surface area contributed by atoms with Crippen LogP contribution in [0.15, 0.2) is 24.3 Å². The number of hydrogen-bond acceptors (Lipinski definition) is 6. The maximum absolute atomic E-state index is 13.6. The fourth-order valence-corrected chi connectivity index (χ4v) is 4.44. The largest absolute Gasteiger partial charge is 0.494 e. The second kappa shape index (κ2) is 13.8. The lowest BCUT2D eigenvalue weighted by Crippen LogP contribution is -2.57. The lowest BCUT2D eigenvalue weighted by atomic mass is 9.81. The average Bonchev–Trinajstić information content (AvgIpc) is 2.84. The maximum Gasteiger partial charge on any atom is 0.247 e. The van der Waals surface area contributed by atoms with E-state index < -0.39 is 41.6 Å². The minimum absolute atomic E-state index is 0.0857. The van der Waals surface area contributed by atoms with Crippen molar-refractivity contribution in [3.8, 4) is 5.75 Å². The summed E-state index contributed by atoms with van der Waals surface area (Å²) in [7, 11) is 1.50. The summed E-state index contributed by atoms with van der Waals surface area (Å²) in [5, 5.41) is 17.5. The summed E-state index contributed by atoms with van der Waals surface area (Å²) in [5.41, 5.74) is 2.49. The summed E-state index contributed by atoms with van der Waals surface area (Å²) in [6.07, 6.45) is 1.38. The molecular formula is C26H40N4O6. The van der Waals surface area contributed by atoms with Gasteiger partial charge in [-0.25, -0.2) is 5.48 Å². The number of nitrogens with one attached hydrogen (secondary N) is 4. The molecule has 2 aliphatic heterocycles. The van der Waals surface area contributed by atoms with Crippen molar-refractivity contribution >= 4 is 23.6 Å². The lowest BCUT2D eigenvalue weighted by molar-refractivity contribution is -0.142. The molecule has 4 amide bonds. The fourth-order valence-electron chi connectivity index (χ4n) is 4.44. The quantitative estimate of drug-likeness (QED) is 0.281. The van der Waals surface area contributed by atoms with Gasteiger partial charge in [-0.1, -0.05) is 39.8 Å². The molecular weight excluding hydrogens is 464 g/mol. The van der Waals surface area contributed by atoms with E-state index in [1.54, 1.807) is 17.6 Å². The van der Waals surface area contributed by atoms with Gasteiger partial charge in [0.25, 0.3) is 0 Å². The molecule has 0 saturated carbocycles. The molecule has 36 heavy (non-hydrogen) atoms. The third-order valence-corrected chi connectivity index (χ3v) is 6.41. The van der Waals surface area contributed by atoms with Crippen LogP contribution in [0, 0.1) is 23.7 Å². The van der Waals surface area contributed by atoms with Crippen molar-refractivity contribution in [1.29, 1.82) is 0 Å². The van der Waals surface area contributed by atoms with Gasteiger partial charge in [0.1, 0.15) is 17.8 Å². The minimum atomic E-state index is -0.981. The Labute approximate surface area is 212 Å². The molecule has 0 unspecified atom stereocenters. The first-order valence-corrected chi connectivity index (χ1v) is 12.5. The van der Waals surface area contributed by atoms with Gasteiger partial charge in [0.05, 0.1) is 12.5 Å². The van der Waals surface area contributed by atoms with Crippen molar-refractivity contribution in [3.63, 3.8) is 0 Å². The van der Waals surface area contributed by atoms with Crippen LogP contribution in [-0.4, -0.2) is 54.6 Å². The smallest absolute Gasteiger partial charge is 0.247 e. The highest BCUT2D eigenvalue weighted by Crippen LogP contribution is 2.27. The van der Waals surface area contributed by atoms with E-state index in [4.69, 9.17) is 4.74 Å². The van der Waals surface area contributed by atoms with E-state index in [1.165, 1.54) is 7.05 Å². The second-order valence-corrected chi connectivity index (χ2v) is 10.1. The Morgan fingerprint density at radius 3 is 2.33 bits per heavy atom. The third-order valence-electron chi connectivity index (χ3n) is 6.41. The highest BCUT2D eigenvalue weighted by molar-refractivity contribution is 5.94. The zero-order valence-electron chi connectivity index (χ0n) is 21.8. The molecule has 10 nitrogen and oxygen atoms in total. The van der Waals surface area contributed by atoms with Crippen LogP contribution in [0.3, 0.4) is 0 Å². The number of fused-ring (bicyclic) bond motifs is 11. The molecule has 0 aliphatic carbocycles. The van der Waals surface area contributed by atoms with Crippen molar-refractivity contribution in [1.82, 2.24) is 21.4 Å². The predicted octanol–water partition coefficient (Wildman–Crippen LogP) is 1.56. The van der Waals surface area contributed by atoms with Gasteiger partial charge >= 0.3 is 0 Å². The van der Waals surface area contributed by atoms with Crippen LogP contribution < -0.4 is 26.2 Å². The van der Waals surface area contributed by atoms with Crippen molar-refractivity contribution in [2.75, 3.05) is 13.7 Å². The Morgan fingerprint density at radius 2 is 1.78 bits per heavy atom. The monoisotopic (exact) mass is 504 g/mol. The highest BCUT2D eigenvalue weighted by Gasteiger charge is 2.36. The second-order valence-electron chi connectivity index (χ2n) is 10.1. The molecule has 2 bridgehead atoms. The molecule has 1 aromatic carbocycles. The molecule has 0 radical (unpaired) electrons. The van der Waals surface area contributed by atoms with Crippen molar-refractivity contribution in [2.24, 2.45) is 23.7 Å². The summed E-state index contributed by atoms with van der Waals surface area (Å²) in [4.78, 5) is 51.9. The summed E-state index contributed by atoms with van der Waals surface area (Å²) in [5.74, 6) is -2.93. The van der Waals surface area contributed by atoms with Gasteiger partial charge in [-0.05, 0) is 48.8 Å². The topological polar surface area (TPSA) is 146 Å². The molecule has 10 heteroatoms. The van der Waals surface area contributed by atoms with Crippen LogP contribution >= 0.6 is 0 Å². The van der Waals surface area contributed by atoms with Gasteiger partial charge in [-0.3, -0.25) is 24.4 Å². The molecule has 3 rings (SSSR count). The summed E-state index contributed by atoms with van der Waals surface area (Å²) in [6.45, 7) is 7.88. The number of amides is 4.